The van der Waals surface area contributed by atoms with Crippen LogP contribution in [0.3, 0.4) is 0 Å². The van der Waals surface area contributed by atoms with Crippen molar-refractivity contribution in [3.63, 3.8) is 0 Å². The number of hydrogen-bond acceptors (Lipinski definition) is 4. The minimum atomic E-state index is -0.0531. The lowest BCUT2D eigenvalue weighted by Gasteiger charge is -2.17. The van der Waals surface area contributed by atoms with Crippen molar-refractivity contribution in [1.82, 2.24) is 25.4 Å². The average molecular weight is 372 g/mol. The van der Waals surface area contributed by atoms with Crippen LogP contribution in [-0.4, -0.2) is 33.8 Å². The van der Waals surface area contributed by atoms with Crippen LogP contribution in [0.25, 0.3) is 0 Å². The van der Waals surface area contributed by atoms with E-state index < -0.39 is 0 Å². The lowest BCUT2D eigenvalue weighted by molar-refractivity contribution is -0.125. The van der Waals surface area contributed by atoms with Crippen molar-refractivity contribution in [3.8, 4) is 0 Å². The number of aromatic nitrogens is 3. The molecular formula is C16H23Cl2N5O. The fourth-order valence-electron chi connectivity index (χ4n) is 2.86. The van der Waals surface area contributed by atoms with Gasteiger partial charge in [-0.25, -0.2) is 0 Å². The molecule has 3 rings (SSSR count). The third-order valence-electron chi connectivity index (χ3n) is 4.14. The molecule has 3 heterocycles. The molecule has 1 aliphatic heterocycles. The van der Waals surface area contributed by atoms with Gasteiger partial charge in [0.2, 0.25) is 5.91 Å². The Morgan fingerprint density at radius 2 is 2.12 bits per heavy atom. The van der Waals surface area contributed by atoms with E-state index >= 15 is 0 Å². The van der Waals surface area contributed by atoms with Gasteiger partial charge in [0.15, 0.2) is 0 Å². The van der Waals surface area contributed by atoms with Crippen molar-refractivity contribution < 1.29 is 4.79 Å². The molecule has 132 valence electrons. The first kappa shape index (κ1) is 20.4. The van der Waals surface area contributed by atoms with Gasteiger partial charge < -0.3 is 10.6 Å². The molecular weight excluding hydrogens is 349 g/mol. The minimum Gasteiger partial charge on any atom is -0.352 e. The van der Waals surface area contributed by atoms with Crippen LogP contribution in [0.15, 0.2) is 30.7 Å². The summed E-state index contributed by atoms with van der Waals surface area (Å²) in [5, 5.41) is 10.5. The van der Waals surface area contributed by atoms with Gasteiger partial charge >= 0.3 is 0 Å². The predicted octanol–water partition coefficient (Wildman–Crippen LogP) is 1.59. The summed E-state index contributed by atoms with van der Waals surface area (Å²) >= 11 is 0. The summed E-state index contributed by atoms with van der Waals surface area (Å²) in [4.78, 5) is 16.7. The average Bonchev–Trinajstić information content (AvgIpc) is 3.14. The van der Waals surface area contributed by atoms with Crippen molar-refractivity contribution in [1.29, 1.82) is 0 Å². The summed E-state index contributed by atoms with van der Waals surface area (Å²) in [5.41, 5.74) is 3.11. The van der Waals surface area contributed by atoms with E-state index in [0.29, 0.717) is 13.1 Å². The molecule has 0 unspecified atom stereocenters. The first-order valence-corrected chi connectivity index (χ1v) is 7.52. The van der Waals surface area contributed by atoms with Gasteiger partial charge in [-0.15, -0.1) is 24.8 Å². The number of pyridine rings is 1. The summed E-state index contributed by atoms with van der Waals surface area (Å²) in [6.45, 7) is 3.99. The molecule has 0 aliphatic carbocycles. The van der Waals surface area contributed by atoms with E-state index in [2.05, 4.69) is 20.7 Å². The fourth-order valence-corrected chi connectivity index (χ4v) is 2.86. The number of carbonyl (C=O) groups is 1. The number of amides is 1. The molecule has 0 spiro atoms. The highest BCUT2D eigenvalue weighted by molar-refractivity contribution is 5.85. The van der Waals surface area contributed by atoms with Crippen molar-refractivity contribution in [3.05, 3.63) is 47.5 Å². The fraction of sp³-hybridized carbons (Fsp3) is 0.438. The number of carbonyl (C=O) groups excluding carboxylic acids is 1. The van der Waals surface area contributed by atoms with Crippen LogP contribution in [0.1, 0.15) is 22.7 Å². The number of halogens is 2. The maximum atomic E-state index is 12.5. The Balaban J connectivity index is 0.00000144. The second-order valence-electron chi connectivity index (χ2n) is 5.84. The second-order valence-corrected chi connectivity index (χ2v) is 5.84. The van der Waals surface area contributed by atoms with Gasteiger partial charge in [0, 0.05) is 50.7 Å². The van der Waals surface area contributed by atoms with Crippen molar-refractivity contribution in [2.75, 3.05) is 13.1 Å². The molecule has 0 radical (unpaired) electrons. The van der Waals surface area contributed by atoms with Crippen LogP contribution >= 0.6 is 24.8 Å². The lowest BCUT2D eigenvalue weighted by Crippen LogP contribution is -2.34. The first-order valence-electron chi connectivity index (χ1n) is 7.52. The minimum absolute atomic E-state index is 0. The van der Waals surface area contributed by atoms with Crippen molar-refractivity contribution in [2.24, 2.45) is 13.0 Å². The van der Waals surface area contributed by atoms with Gasteiger partial charge in [0.05, 0.1) is 12.1 Å². The number of nitrogens with one attached hydrogen (secondary N) is 2. The zero-order valence-corrected chi connectivity index (χ0v) is 15.4. The lowest BCUT2D eigenvalue weighted by atomic mass is 9.90. The van der Waals surface area contributed by atoms with Crippen LogP contribution in [0.4, 0.5) is 0 Å². The zero-order chi connectivity index (χ0) is 15.5. The van der Waals surface area contributed by atoms with Gasteiger partial charge in [0.25, 0.3) is 0 Å². The van der Waals surface area contributed by atoms with E-state index in [0.717, 1.165) is 23.4 Å². The Labute approximate surface area is 154 Å². The molecule has 0 saturated carbocycles. The predicted molar refractivity (Wildman–Crippen MR) is 97.6 cm³/mol. The van der Waals surface area contributed by atoms with Gasteiger partial charge in [0.1, 0.15) is 0 Å². The molecule has 1 fully saturated rings. The Kier molecular flexibility index (Phi) is 7.66. The molecule has 1 aliphatic rings. The van der Waals surface area contributed by atoms with Crippen LogP contribution in [-0.2, 0) is 18.4 Å². The highest BCUT2D eigenvalue weighted by atomic mass is 35.5. The third kappa shape index (κ3) is 4.69. The van der Waals surface area contributed by atoms with Crippen LogP contribution in [0, 0.1) is 12.8 Å². The van der Waals surface area contributed by atoms with Crippen molar-refractivity contribution >= 4 is 30.7 Å². The summed E-state index contributed by atoms with van der Waals surface area (Å²) in [6, 6.07) is 3.95. The number of rotatable bonds is 4. The highest BCUT2D eigenvalue weighted by Gasteiger charge is 2.34. The van der Waals surface area contributed by atoms with E-state index in [1.54, 1.807) is 10.9 Å². The van der Waals surface area contributed by atoms with E-state index in [-0.39, 0.29) is 42.6 Å². The molecule has 0 bridgehead atoms. The topological polar surface area (TPSA) is 71.8 Å². The molecule has 6 nitrogen and oxygen atoms in total. The van der Waals surface area contributed by atoms with E-state index in [1.165, 1.54) is 0 Å². The number of nitrogens with zero attached hydrogens (tertiary/aromatic N) is 3. The van der Waals surface area contributed by atoms with Crippen LogP contribution in [0.2, 0.25) is 0 Å². The third-order valence-corrected chi connectivity index (χ3v) is 4.14. The Hall–Kier alpha value is -1.63. The van der Waals surface area contributed by atoms with Crippen LogP contribution < -0.4 is 10.6 Å². The molecule has 8 heteroatoms. The second kappa shape index (κ2) is 9.01. The summed E-state index contributed by atoms with van der Waals surface area (Å²) in [5.74, 6) is 0.215. The van der Waals surface area contributed by atoms with E-state index in [4.69, 9.17) is 0 Å². The SMILES string of the molecule is Cc1ccc(CNC(=O)[C@H]2CNC[C@@H]2c2cnn(C)c2)cn1.Cl.Cl. The Morgan fingerprint density at radius 1 is 1.33 bits per heavy atom. The molecule has 2 atom stereocenters. The summed E-state index contributed by atoms with van der Waals surface area (Å²) in [6.07, 6.45) is 5.64. The molecule has 2 aromatic heterocycles. The van der Waals surface area contributed by atoms with E-state index in [1.807, 2.05) is 38.5 Å². The number of hydrogen-bond donors (Lipinski definition) is 2. The van der Waals surface area contributed by atoms with Gasteiger partial charge in [-0.05, 0) is 24.1 Å². The first-order chi connectivity index (χ1) is 10.6. The quantitative estimate of drug-likeness (QED) is 0.855. The molecule has 2 N–H and O–H groups in total. The smallest absolute Gasteiger partial charge is 0.225 e. The van der Waals surface area contributed by atoms with Crippen molar-refractivity contribution in [2.45, 2.75) is 19.4 Å². The summed E-state index contributed by atoms with van der Waals surface area (Å²) < 4.78 is 1.78. The summed E-state index contributed by atoms with van der Waals surface area (Å²) in [7, 11) is 1.89. The highest BCUT2D eigenvalue weighted by Crippen LogP contribution is 2.27. The Morgan fingerprint density at radius 3 is 2.75 bits per heavy atom. The van der Waals surface area contributed by atoms with Crippen LogP contribution in [0.5, 0.6) is 0 Å². The van der Waals surface area contributed by atoms with Gasteiger partial charge in [-0.2, -0.15) is 5.10 Å². The molecule has 24 heavy (non-hydrogen) atoms. The number of aryl methyl sites for hydroxylation is 2. The monoisotopic (exact) mass is 371 g/mol. The van der Waals surface area contributed by atoms with Gasteiger partial charge in [-0.3, -0.25) is 14.5 Å². The normalized spacial score (nSPS) is 19.2. The standard InChI is InChI=1S/C16H21N5O.2ClH/c1-11-3-4-12(5-18-11)6-19-16(22)15-9-17-8-14(15)13-7-20-21(2)10-13;;/h3-5,7,10,14-15,17H,6,8-9H2,1-2H3,(H,19,22);2*1H/t14-,15+;;/m1../s1. The zero-order valence-electron chi connectivity index (χ0n) is 13.7. The Bertz CT molecular complexity index is 659. The molecule has 2 aromatic rings. The molecule has 1 saturated heterocycles. The van der Waals surface area contributed by atoms with E-state index in [9.17, 15) is 4.79 Å². The largest absolute Gasteiger partial charge is 0.352 e. The maximum Gasteiger partial charge on any atom is 0.225 e. The molecule has 1 amide bonds. The molecule has 0 aromatic carbocycles. The maximum absolute atomic E-state index is 12.5. The van der Waals surface area contributed by atoms with Gasteiger partial charge in [-0.1, -0.05) is 6.07 Å².